The van der Waals surface area contributed by atoms with Crippen LogP contribution in [0.5, 0.6) is 0 Å². The third kappa shape index (κ3) is 3.25. The molecule has 102 valence electrons. The smallest absolute Gasteiger partial charge is 0.347 e. The van der Waals surface area contributed by atoms with Crippen LogP contribution in [0.1, 0.15) is 16.8 Å². The lowest BCUT2D eigenvalue weighted by Crippen LogP contribution is -2.23. The number of rotatable bonds is 3. The number of benzene rings is 1. The number of nitrogens with one attached hydrogen (secondary N) is 1. The van der Waals surface area contributed by atoms with E-state index in [1.54, 1.807) is 6.07 Å². The molecule has 0 fully saturated rings. The first-order valence-corrected chi connectivity index (χ1v) is 6.76. The number of hydrogen-bond acceptors (Lipinski definition) is 4. The minimum atomic E-state index is -0.517. The van der Waals surface area contributed by atoms with Crippen molar-refractivity contribution in [2.24, 2.45) is 0 Å². The highest BCUT2D eigenvalue weighted by molar-refractivity contribution is 9.10. The molecule has 1 aromatic carbocycles. The van der Waals surface area contributed by atoms with Gasteiger partial charge in [0, 0.05) is 24.1 Å². The maximum atomic E-state index is 11.4. The van der Waals surface area contributed by atoms with Crippen molar-refractivity contribution in [2.45, 2.75) is 13.5 Å². The third-order valence-corrected chi connectivity index (χ3v) is 3.45. The van der Waals surface area contributed by atoms with E-state index in [0.29, 0.717) is 12.4 Å². The highest BCUT2D eigenvalue weighted by Gasteiger charge is 2.08. The van der Waals surface area contributed by atoms with E-state index in [1.165, 1.54) is 0 Å². The molecule has 1 aromatic heterocycles. The van der Waals surface area contributed by atoms with Crippen molar-refractivity contribution >= 4 is 21.7 Å². The highest BCUT2D eigenvalue weighted by Crippen LogP contribution is 2.19. The average molecular weight is 333 g/mol. The van der Waals surface area contributed by atoms with Crippen LogP contribution >= 0.6 is 15.9 Å². The van der Waals surface area contributed by atoms with Crippen LogP contribution in [0.25, 0.3) is 0 Å². The molecule has 20 heavy (non-hydrogen) atoms. The minimum absolute atomic E-state index is 0.206. The van der Waals surface area contributed by atoms with Crippen LogP contribution in [0.4, 0.5) is 5.82 Å². The fourth-order valence-corrected chi connectivity index (χ4v) is 2.26. The summed E-state index contributed by atoms with van der Waals surface area (Å²) in [6.45, 7) is 2.63. The van der Waals surface area contributed by atoms with Gasteiger partial charge in [-0.15, -0.1) is 0 Å². The van der Waals surface area contributed by atoms with Gasteiger partial charge in [-0.2, -0.15) is 10.2 Å². The van der Waals surface area contributed by atoms with E-state index in [2.05, 4.69) is 25.9 Å². The lowest BCUT2D eigenvalue weighted by Gasteiger charge is -2.19. The lowest BCUT2D eigenvalue weighted by atomic mass is 10.1. The van der Waals surface area contributed by atoms with Crippen molar-refractivity contribution in [3.05, 3.63) is 56.0 Å². The van der Waals surface area contributed by atoms with Crippen LogP contribution in [0.2, 0.25) is 0 Å². The summed E-state index contributed by atoms with van der Waals surface area (Å²) in [6, 6.07) is 9.53. The SMILES string of the molecule is Cc1ccc(Br)cc1CN(C)c1cc(C#N)[nH]c(=O)n1. The van der Waals surface area contributed by atoms with E-state index >= 15 is 0 Å². The molecule has 1 heterocycles. The number of H-pyrrole nitrogens is 1. The molecule has 2 rings (SSSR count). The summed E-state index contributed by atoms with van der Waals surface area (Å²) in [4.78, 5) is 19.5. The van der Waals surface area contributed by atoms with Crippen LogP contribution < -0.4 is 10.6 Å². The predicted molar refractivity (Wildman–Crippen MR) is 80.6 cm³/mol. The van der Waals surface area contributed by atoms with Crippen LogP contribution in [-0.2, 0) is 6.54 Å². The number of nitrogens with zero attached hydrogens (tertiary/aromatic N) is 3. The number of halogens is 1. The van der Waals surface area contributed by atoms with Crippen LogP contribution in [0.3, 0.4) is 0 Å². The van der Waals surface area contributed by atoms with E-state index in [4.69, 9.17) is 5.26 Å². The zero-order chi connectivity index (χ0) is 14.7. The molecule has 0 spiro atoms. The highest BCUT2D eigenvalue weighted by atomic mass is 79.9. The van der Waals surface area contributed by atoms with Gasteiger partial charge < -0.3 is 4.90 Å². The Balaban J connectivity index is 2.30. The fourth-order valence-electron chi connectivity index (χ4n) is 1.85. The van der Waals surface area contributed by atoms with Crippen molar-refractivity contribution in [2.75, 3.05) is 11.9 Å². The summed E-state index contributed by atoms with van der Waals surface area (Å²) >= 11 is 3.44. The topological polar surface area (TPSA) is 72.8 Å². The van der Waals surface area contributed by atoms with E-state index in [1.807, 2.05) is 43.1 Å². The molecule has 6 heteroatoms. The van der Waals surface area contributed by atoms with Crippen molar-refractivity contribution in [1.82, 2.24) is 9.97 Å². The monoisotopic (exact) mass is 332 g/mol. The molecular formula is C14H13BrN4O. The van der Waals surface area contributed by atoms with Gasteiger partial charge >= 0.3 is 5.69 Å². The number of aryl methyl sites for hydroxylation is 1. The van der Waals surface area contributed by atoms with Gasteiger partial charge in [0.2, 0.25) is 0 Å². The summed E-state index contributed by atoms with van der Waals surface area (Å²) < 4.78 is 1.00. The fraction of sp³-hybridized carbons (Fsp3) is 0.214. The van der Waals surface area contributed by atoms with E-state index in [-0.39, 0.29) is 5.69 Å². The summed E-state index contributed by atoms with van der Waals surface area (Å²) in [6.07, 6.45) is 0. The third-order valence-electron chi connectivity index (χ3n) is 2.96. The summed E-state index contributed by atoms with van der Waals surface area (Å²) in [5.41, 5.74) is 1.97. The van der Waals surface area contributed by atoms with Gasteiger partial charge in [-0.25, -0.2) is 4.79 Å². The molecule has 0 aliphatic heterocycles. The number of aromatic nitrogens is 2. The van der Waals surface area contributed by atoms with Gasteiger partial charge in [0.25, 0.3) is 0 Å². The van der Waals surface area contributed by atoms with Gasteiger partial charge in [0.05, 0.1) is 0 Å². The first-order chi connectivity index (χ1) is 9.49. The Labute approximate surface area is 125 Å². The molecular weight excluding hydrogens is 320 g/mol. The summed E-state index contributed by atoms with van der Waals surface area (Å²) in [5.74, 6) is 0.477. The van der Waals surface area contributed by atoms with Crippen molar-refractivity contribution in [3.8, 4) is 6.07 Å². The number of aromatic amines is 1. The quantitative estimate of drug-likeness (QED) is 0.936. The minimum Gasteiger partial charge on any atom is -0.355 e. The Hall–Kier alpha value is -2.13. The number of nitriles is 1. The molecule has 0 aliphatic rings. The Morgan fingerprint density at radius 2 is 2.20 bits per heavy atom. The van der Waals surface area contributed by atoms with Gasteiger partial charge in [-0.3, -0.25) is 4.98 Å². The molecule has 0 atom stereocenters. The average Bonchev–Trinajstić information content (AvgIpc) is 2.42. The van der Waals surface area contributed by atoms with E-state index in [0.717, 1.165) is 15.6 Å². The van der Waals surface area contributed by atoms with Crippen molar-refractivity contribution in [3.63, 3.8) is 0 Å². The lowest BCUT2D eigenvalue weighted by molar-refractivity contribution is 0.871. The molecule has 0 aliphatic carbocycles. The molecule has 5 nitrogen and oxygen atoms in total. The Bertz CT molecular complexity index is 733. The van der Waals surface area contributed by atoms with Crippen LogP contribution in [0.15, 0.2) is 33.5 Å². The molecule has 0 unspecified atom stereocenters. The summed E-state index contributed by atoms with van der Waals surface area (Å²) in [5, 5.41) is 8.87. The zero-order valence-electron chi connectivity index (χ0n) is 11.1. The van der Waals surface area contributed by atoms with Crippen LogP contribution in [-0.4, -0.2) is 17.0 Å². The number of anilines is 1. The normalized spacial score (nSPS) is 10.1. The first-order valence-electron chi connectivity index (χ1n) is 5.97. The molecule has 2 aromatic rings. The van der Waals surface area contributed by atoms with Gasteiger partial charge in [0.15, 0.2) is 0 Å². The largest absolute Gasteiger partial charge is 0.355 e. The second-order valence-electron chi connectivity index (χ2n) is 4.50. The molecule has 0 saturated heterocycles. The second-order valence-corrected chi connectivity index (χ2v) is 5.41. The van der Waals surface area contributed by atoms with Gasteiger partial charge in [-0.05, 0) is 30.2 Å². The summed E-state index contributed by atoms with van der Waals surface area (Å²) in [7, 11) is 1.84. The Morgan fingerprint density at radius 1 is 1.45 bits per heavy atom. The van der Waals surface area contributed by atoms with Crippen molar-refractivity contribution in [1.29, 1.82) is 5.26 Å². The maximum absolute atomic E-state index is 11.4. The standard InChI is InChI=1S/C14H13BrN4O/c1-9-3-4-11(15)5-10(9)8-19(2)13-6-12(7-16)17-14(20)18-13/h3-6H,8H2,1-2H3,(H,17,18,20). The molecule has 0 saturated carbocycles. The van der Waals surface area contributed by atoms with E-state index < -0.39 is 5.69 Å². The predicted octanol–water partition coefficient (Wildman–Crippen LogP) is 2.35. The Kier molecular flexibility index (Phi) is 4.20. The van der Waals surface area contributed by atoms with Crippen LogP contribution in [0, 0.1) is 18.3 Å². The molecule has 0 amide bonds. The van der Waals surface area contributed by atoms with Crippen molar-refractivity contribution < 1.29 is 0 Å². The number of hydrogen-bond donors (Lipinski definition) is 1. The van der Waals surface area contributed by atoms with Gasteiger partial charge in [0.1, 0.15) is 17.6 Å². The second kappa shape index (κ2) is 5.88. The zero-order valence-corrected chi connectivity index (χ0v) is 12.7. The molecule has 0 radical (unpaired) electrons. The Morgan fingerprint density at radius 3 is 2.90 bits per heavy atom. The molecule has 0 bridgehead atoms. The van der Waals surface area contributed by atoms with E-state index in [9.17, 15) is 4.79 Å². The van der Waals surface area contributed by atoms with Gasteiger partial charge in [-0.1, -0.05) is 22.0 Å². The maximum Gasteiger partial charge on any atom is 0.347 e. The first kappa shape index (κ1) is 14.3. The molecule has 1 N–H and O–H groups in total.